The highest BCUT2D eigenvalue weighted by atomic mass is 16.6. The van der Waals surface area contributed by atoms with Crippen LogP contribution in [-0.2, 0) is 0 Å². The van der Waals surface area contributed by atoms with Crippen molar-refractivity contribution in [2.24, 2.45) is 0 Å². The van der Waals surface area contributed by atoms with Crippen LogP contribution in [0.15, 0.2) is 48.9 Å². The van der Waals surface area contributed by atoms with Gasteiger partial charge in [0, 0.05) is 18.0 Å². The lowest BCUT2D eigenvalue weighted by atomic mass is 10.2. The molecule has 0 unspecified atom stereocenters. The second kappa shape index (κ2) is 4.37. The molecule has 0 saturated heterocycles. The van der Waals surface area contributed by atoms with Crippen LogP contribution >= 0.6 is 0 Å². The summed E-state index contributed by atoms with van der Waals surface area (Å²) in [6.45, 7) is 0. The van der Waals surface area contributed by atoms with Crippen molar-refractivity contribution in [1.29, 1.82) is 0 Å². The number of imidazole rings is 2. The van der Waals surface area contributed by atoms with Crippen LogP contribution in [0.3, 0.4) is 0 Å². The molecule has 0 spiro atoms. The molecular weight excluding hydrogens is 228 g/mol. The van der Waals surface area contributed by atoms with Crippen molar-refractivity contribution in [3.05, 3.63) is 48.9 Å². The highest BCUT2D eigenvalue weighted by molar-refractivity contribution is 5.62. The Bertz CT molecular complexity index is 628. The Labute approximate surface area is 104 Å². The Balaban J connectivity index is 2.13. The number of nitrogens with zero attached hydrogens (tertiary/aromatic N) is 3. The average molecular weight is 240 g/mol. The molecule has 0 atom stereocenters. The summed E-state index contributed by atoms with van der Waals surface area (Å²) in [5, 5.41) is 0. The number of aromatic nitrogens is 4. The molecule has 0 aliphatic heterocycles. The van der Waals surface area contributed by atoms with Gasteiger partial charge in [-0.3, -0.25) is 0 Å². The fraction of sp³-hybridized carbons (Fsp3) is 0.0769. The van der Waals surface area contributed by atoms with E-state index in [1.807, 2.05) is 30.3 Å². The first kappa shape index (κ1) is 10.6. The molecule has 5 heteroatoms. The van der Waals surface area contributed by atoms with E-state index in [0.717, 1.165) is 11.3 Å². The Morgan fingerprint density at radius 2 is 2.00 bits per heavy atom. The molecule has 0 radical (unpaired) electrons. The summed E-state index contributed by atoms with van der Waals surface area (Å²) in [6, 6.07) is 9.96. The SMILES string of the molecule is COn1c(-c2ccccc2)cnc1-c1ncc[nH]1. The minimum Gasteiger partial charge on any atom is -0.415 e. The standard InChI is InChI=1S/C13H12N4O/c1-18-17-11(10-5-3-2-4-6-10)9-16-13(17)12-14-7-8-15-12/h2-9H,1H3,(H,14,15). The molecule has 0 aliphatic rings. The monoisotopic (exact) mass is 240 g/mol. The normalized spacial score (nSPS) is 10.5. The summed E-state index contributed by atoms with van der Waals surface area (Å²) in [7, 11) is 1.61. The van der Waals surface area contributed by atoms with Gasteiger partial charge in [0.15, 0.2) is 5.82 Å². The van der Waals surface area contributed by atoms with Gasteiger partial charge in [-0.15, -0.1) is 0 Å². The van der Waals surface area contributed by atoms with Gasteiger partial charge in [0.1, 0.15) is 12.8 Å². The van der Waals surface area contributed by atoms with Gasteiger partial charge < -0.3 is 9.82 Å². The minimum atomic E-state index is 0.654. The molecule has 90 valence electrons. The van der Waals surface area contributed by atoms with Gasteiger partial charge in [-0.1, -0.05) is 30.3 Å². The molecule has 1 N–H and O–H groups in total. The summed E-state index contributed by atoms with van der Waals surface area (Å²) in [4.78, 5) is 16.9. The second-order valence-corrected chi connectivity index (χ2v) is 3.75. The highest BCUT2D eigenvalue weighted by Crippen LogP contribution is 2.23. The van der Waals surface area contributed by atoms with Gasteiger partial charge in [0.05, 0.1) is 6.20 Å². The van der Waals surface area contributed by atoms with Crippen LogP contribution in [0.1, 0.15) is 0 Å². The third kappa shape index (κ3) is 1.66. The molecule has 18 heavy (non-hydrogen) atoms. The largest absolute Gasteiger partial charge is 0.415 e. The smallest absolute Gasteiger partial charge is 0.212 e. The predicted molar refractivity (Wildman–Crippen MR) is 67.7 cm³/mol. The maximum Gasteiger partial charge on any atom is 0.212 e. The van der Waals surface area contributed by atoms with E-state index < -0.39 is 0 Å². The Kier molecular flexibility index (Phi) is 2.57. The lowest BCUT2D eigenvalue weighted by molar-refractivity contribution is 0.174. The van der Waals surface area contributed by atoms with Crippen molar-refractivity contribution in [2.45, 2.75) is 0 Å². The van der Waals surface area contributed by atoms with Crippen molar-refractivity contribution in [3.8, 4) is 22.9 Å². The summed E-state index contributed by atoms with van der Waals surface area (Å²) in [6.07, 6.45) is 5.22. The number of aromatic amines is 1. The molecule has 0 bridgehead atoms. The first-order chi connectivity index (χ1) is 8.90. The molecule has 2 aromatic heterocycles. The molecular formula is C13H12N4O. The van der Waals surface area contributed by atoms with E-state index in [0.29, 0.717) is 11.6 Å². The molecule has 3 aromatic rings. The molecule has 5 nitrogen and oxygen atoms in total. The Hall–Kier alpha value is -2.56. The summed E-state index contributed by atoms with van der Waals surface area (Å²) in [5.41, 5.74) is 1.94. The van der Waals surface area contributed by atoms with Gasteiger partial charge in [-0.25, -0.2) is 9.97 Å². The fourth-order valence-corrected chi connectivity index (χ4v) is 1.87. The lowest BCUT2D eigenvalue weighted by Gasteiger charge is -2.08. The first-order valence-corrected chi connectivity index (χ1v) is 5.57. The molecule has 1 aromatic carbocycles. The first-order valence-electron chi connectivity index (χ1n) is 5.57. The molecule has 0 amide bonds. The quantitative estimate of drug-likeness (QED) is 0.761. The Morgan fingerprint density at radius 1 is 1.17 bits per heavy atom. The van der Waals surface area contributed by atoms with Crippen LogP contribution < -0.4 is 4.84 Å². The van der Waals surface area contributed by atoms with Gasteiger partial charge in [0.25, 0.3) is 0 Å². The topological polar surface area (TPSA) is 55.7 Å². The highest BCUT2D eigenvalue weighted by Gasteiger charge is 2.15. The number of rotatable bonds is 3. The van der Waals surface area contributed by atoms with Crippen LogP contribution in [-0.4, -0.2) is 26.8 Å². The zero-order valence-corrected chi connectivity index (χ0v) is 9.87. The molecule has 0 fully saturated rings. The number of hydrogen-bond donors (Lipinski definition) is 1. The summed E-state index contributed by atoms with van der Waals surface area (Å²) in [5.74, 6) is 1.33. The van der Waals surface area contributed by atoms with Crippen LogP contribution in [0.4, 0.5) is 0 Å². The molecule has 0 aliphatic carbocycles. The maximum atomic E-state index is 5.39. The lowest BCUT2D eigenvalue weighted by Crippen LogP contribution is -2.09. The van der Waals surface area contributed by atoms with Gasteiger partial charge in [-0.2, -0.15) is 4.73 Å². The van der Waals surface area contributed by atoms with E-state index >= 15 is 0 Å². The fourth-order valence-electron chi connectivity index (χ4n) is 1.87. The molecule has 2 heterocycles. The van der Waals surface area contributed by atoms with Crippen molar-refractivity contribution in [3.63, 3.8) is 0 Å². The molecule has 3 rings (SSSR count). The third-order valence-corrected chi connectivity index (χ3v) is 2.68. The van der Waals surface area contributed by atoms with Crippen molar-refractivity contribution >= 4 is 0 Å². The Morgan fingerprint density at radius 3 is 2.67 bits per heavy atom. The van der Waals surface area contributed by atoms with Crippen LogP contribution in [0.5, 0.6) is 0 Å². The number of hydrogen-bond acceptors (Lipinski definition) is 3. The van der Waals surface area contributed by atoms with Crippen molar-refractivity contribution in [1.82, 2.24) is 19.7 Å². The van der Waals surface area contributed by atoms with E-state index in [9.17, 15) is 0 Å². The van der Waals surface area contributed by atoms with Crippen LogP contribution in [0.2, 0.25) is 0 Å². The number of nitrogens with one attached hydrogen (secondary N) is 1. The predicted octanol–water partition coefficient (Wildman–Crippen LogP) is 2.00. The second-order valence-electron chi connectivity index (χ2n) is 3.75. The third-order valence-electron chi connectivity index (χ3n) is 2.68. The maximum absolute atomic E-state index is 5.39. The van der Waals surface area contributed by atoms with E-state index in [1.54, 1.807) is 30.4 Å². The summed E-state index contributed by atoms with van der Waals surface area (Å²) < 4.78 is 1.66. The summed E-state index contributed by atoms with van der Waals surface area (Å²) >= 11 is 0. The van der Waals surface area contributed by atoms with E-state index in [4.69, 9.17) is 4.84 Å². The minimum absolute atomic E-state index is 0.654. The van der Waals surface area contributed by atoms with E-state index in [-0.39, 0.29) is 0 Å². The number of H-pyrrole nitrogens is 1. The van der Waals surface area contributed by atoms with Crippen LogP contribution in [0.25, 0.3) is 22.9 Å². The van der Waals surface area contributed by atoms with Crippen LogP contribution in [0, 0.1) is 0 Å². The van der Waals surface area contributed by atoms with Crippen molar-refractivity contribution < 1.29 is 4.84 Å². The van der Waals surface area contributed by atoms with Gasteiger partial charge >= 0.3 is 0 Å². The van der Waals surface area contributed by atoms with Gasteiger partial charge in [0.2, 0.25) is 5.82 Å². The van der Waals surface area contributed by atoms with Crippen molar-refractivity contribution in [2.75, 3.05) is 7.11 Å². The number of benzene rings is 1. The van der Waals surface area contributed by atoms with E-state index in [2.05, 4.69) is 15.0 Å². The molecule has 0 saturated carbocycles. The van der Waals surface area contributed by atoms with Gasteiger partial charge in [-0.05, 0) is 0 Å². The zero-order valence-electron chi connectivity index (χ0n) is 9.87. The van der Waals surface area contributed by atoms with E-state index in [1.165, 1.54) is 0 Å². The average Bonchev–Trinajstić information content (AvgIpc) is 3.08. The zero-order chi connectivity index (χ0) is 12.4.